The third-order valence-electron chi connectivity index (χ3n) is 4.54. The maximum atomic E-state index is 12.7. The molecule has 126 valence electrons. The van der Waals surface area contributed by atoms with Gasteiger partial charge in [0.25, 0.3) is 10.1 Å². The summed E-state index contributed by atoms with van der Waals surface area (Å²) < 4.78 is 31.2. The van der Waals surface area contributed by atoms with Gasteiger partial charge in [0.1, 0.15) is 0 Å². The van der Waals surface area contributed by atoms with Gasteiger partial charge in [0.2, 0.25) is 0 Å². The van der Waals surface area contributed by atoms with E-state index >= 15 is 0 Å². The number of nitrogens with one attached hydrogen (secondary N) is 1. The number of anilines is 1. The highest BCUT2D eigenvalue weighted by atomic mass is 32.2. The number of hydrogen-bond acceptors (Lipinski definition) is 7. The first-order chi connectivity index (χ1) is 11.5. The Bertz CT molecular complexity index is 841. The Hall–Kier alpha value is -2.03. The lowest BCUT2D eigenvalue weighted by atomic mass is 10.2. The predicted molar refractivity (Wildman–Crippen MR) is 88.0 cm³/mol. The lowest BCUT2D eigenvalue weighted by Gasteiger charge is -2.38. The van der Waals surface area contributed by atoms with E-state index in [4.69, 9.17) is 4.18 Å². The molecule has 4 rings (SSSR count). The van der Waals surface area contributed by atoms with Crippen molar-refractivity contribution < 1.29 is 12.6 Å². The van der Waals surface area contributed by atoms with Crippen molar-refractivity contribution in [2.75, 3.05) is 18.0 Å². The molecule has 2 fully saturated rings. The minimum atomic E-state index is -3.88. The molecule has 24 heavy (non-hydrogen) atoms. The number of benzene rings is 1. The average molecular weight is 346 g/mol. The molecule has 0 unspecified atom stereocenters. The van der Waals surface area contributed by atoms with Crippen LogP contribution in [-0.2, 0) is 14.3 Å². The van der Waals surface area contributed by atoms with Gasteiger partial charge in [-0.2, -0.15) is 13.5 Å². The summed E-state index contributed by atoms with van der Waals surface area (Å²) in [5.74, 6) is 0.626. The van der Waals surface area contributed by atoms with E-state index < -0.39 is 15.8 Å². The van der Waals surface area contributed by atoms with Gasteiger partial charge in [0.05, 0.1) is 4.90 Å². The van der Waals surface area contributed by atoms with Crippen molar-refractivity contribution in [3.8, 4) is 0 Å². The molecule has 3 heterocycles. The van der Waals surface area contributed by atoms with Crippen molar-refractivity contribution >= 4 is 15.9 Å². The maximum Gasteiger partial charge on any atom is 0.299 e. The SMILES string of the molecule is Cc1ccc(S(=O)(=O)O[C@]23CN[C@@H](CN2c2cccnn2)C3)cc1. The molecule has 0 radical (unpaired) electrons. The van der Waals surface area contributed by atoms with E-state index in [-0.39, 0.29) is 10.9 Å². The lowest BCUT2D eigenvalue weighted by Crippen LogP contribution is -2.55. The van der Waals surface area contributed by atoms with E-state index in [2.05, 4.69) is 15.5 Å². The smallest absolute Gasteiger partial charge is 0.299 e. The van der Waals surface area contributed by atoms with Crippen molar-refractivity contribution in [2.45, 2.75) is 30.0 Å². The molecule has 2 saturated heterocycles. The molecule has 1 aromatic carbocycles. The summed E-state index contributed by atoms with van der Waals surface area (Å²) in [4.78, 5) is 2.06. The van der Waals surface area contributed by atoms with Crippen molar-refractivity contribution in [3.05, 3.63) is 48.2 Å². The van der Waals surface area contributed by atoms with Gasteiger partial charge in [0.15, 0.2) is 11.5 Å². The number of piperazine rings is 1. The molecule has 2 aromatic rings. The van der Waals surface area contributed by atoms with E-state index in [0.717, 1.165) is 5.56 Å². The quantitative estimate of drug-likeness (QED) is 0.829. The Morgan fingerprint density at radius 3 is 2.75 bits per heavy atom. The monoisotopic (exact) mass is 346 g/mol. The van der Waals surface area contributed by atoms with Gasteiger partial charge in [-0.3, -0.25) is 0 Å². The molecule has 0 aliphatic carbocycles. The van der Waals surface area contributed by atoms with E-state index in [9.17, 15) is 8.42 Å². The summed E-state index contributed by atoms with van der Waals surface area (Å²) in [5.41, 5.74) is 0.0431. The molecule has 0 saturated carbocycles. The van der Waals surface area contributed by atoms with Gasteiger partial charge in [-0.15, -0.1) is 5.10 Å². The number of nitrogens with zero attached hydrogens (tertiary/aromatic N) is 3. The van der Waals surface area contributed by atoms with Crippen LogP contribution in [0.3, 0.4) is 0 Å². The van der Waals surface area contributed by atoms with Crippen LogP contribution in [-0.4, -0.2) is 43.5 Å². The van der Waals surface area contributed by atoms with Crippen LogP contribution in [0.2, 0.25) is 0 Å². The molecule has 8 heteroatoms. The highest BCUT2D eigenvalue weighted by Crippen LogP contribution is 2.40. The Morgan fingerprint density at radius 1 is 1.29 bits per heavy atom. The topological polar surface area (TPSA) is 84.4 Å². The molecule has 2 bridgehead atoms. The van der Waals surface area contributed by atoms with Crippen LogP contribution in [0.25, 0.3) is 0 Å². The first-order valence-electron chi connectivity index (χ1n) is 7.80. The molecule has 2 atom stereocenters. The molecule has 0 amide bonds. The normalized spacial score (nSPS) is 26.0. The van der Waals surface area contributed by atoms with E-state index in [1.165, 1.54) is 0 Å². The fourth-order valence-corrected chi connectivity index (χ4v) is 4.55. The van der Waals surface area contributed by atoms with Crippen LogP contribution in [0.15, 0.2) is 47.5 Å². The van der Waals surface area contributed by atoms with Crippen molar-refractivity contribution in [3.63, 3.8) is 0 Å². The number of aryl methyl sites for hydroxylation is 1. The summed E-state index contributed by atoms with van der Waals surface area (Å²) in [7, 11) is -3.88. The first kappa shape index (κ1) is 15.5. The number of rotatable bonds is 4. The summed E-state index contributed by atoms with van der Waals surface area (Å²) in [6, 6.07) is 10.4. The minimum Gasteiger partial charge on any atom is -0.323 e. The Kier molecular flexibility index (Phi) is 3.56. The van der Waals surface area contributed by atoms with Gasteiger partial charge >= 0.3 is 0 Å². The van der Waals surface area contributed by atoms with Gasteiger partial charge in [-0.25, -0.2) is 4.18 Å². The molecule has 2 aliphatic heterocycles. The maximum absolute atomic E-state index is 12.7. The molecular formula is C16H18N4O3S. The van der Waals surface area contributed by atoms with Crippen LogP contribution in [0, 0.1) is 6.92 Å². The molecule has 1 aromatic heterocycles. The second-order valence-electron chi connectivity index (χ2n) is 6.27. The highest BCUT2D eigenvalue weighted by molar-refractivity contribution is 7.86. The van der Waals surface area contributed by atoms with Crippen molar-refractivity contribution in [1.29, 1.82) is 0 Å². The fraction of sp³-hybridized carbons (Fsp3) is 0.375. The van der Waals surface area contributed by atoms with Crippen LogP contribution in [0.4, 0.5) is 5.82 Å². The fourth-order valence-electron chi connectivity index (χ4n) is 3.36. The Balaban J connectivity index is 1.67. The zero-order valence-corrected chi connectivity index (χ0v) is 14.0. The van der Waals surface area contributed by atoms with Gasteiger partial charge < -0.3 is 10.2 Å². The first-order valence-corrected chi connectivity index (χ1v) is 9.20. The standard InChI is InChI=1S/C16H18N4O3S/c1-12-4-6-14(7-5-12)24(21,22)23-16-9-13(17-11-16)10-20(16)15-3-2-8-18-19-15/h2-8,13,17H,9-11H2,1H3/t13-,16-/m1/s1. The lowest BCUT2D eigenvalue weighted by molar-refractivity contribution is 0.104. The summed E-state index contributed by atoms with van der Waals surface area (Å²) in [6.07, 6.45) is 2.18. The second kappa shape index (κ2) is 5.51. The largest absolute Gasteiger partial charge is 0.323 e. The second-order valence-corrected chi connectivity index (χ2v) is 7.82. The van der Waals surface area contributed by atoms with E-state index in [1.807, 2.05) is 17.9 Å². The third kappa shape index (κ3) is 2.56. The van der Waals surface area contributed by atoms with Crippen LogP contribution in [0.1, 0.15) is 12.0 Å². The Labute approximate surface area is 140 Å². The van der Waals surface area contributed by atoms with Gasteiger partial charge in [-0.1, -0.05) is 17.7 Å². The number of aromatic nitrogens is 2. The number of fused-ring (bicyclic) bond motifs is 2. The number of hydrogen-bond donors (Lipinski definition) is 1. The van der Waals surface area contributed by atoms with Gasteiger partial charge in [-0.05, 0) is 31.2 Å². The Morgan fingerprint density at radius 2 is 2.08 bits per heavy atom. The van der Waals surface area contributed by atoms with Crippen molar-refractivity contribution in [1.82, 2.24) is 15.5 Å². The molecule has 1 N–H and O–H groups in total. The summed E-state index contributed by atoms with van der Waals surface area (Å²) in [5, 5.41) is 11.3. The van der Waals surface area contributed by atoms with Crippen LogP contribution in [0.5, 0.6) is 0 Å². The minimum absolute atomic E-state index is 0.164. The molecule has 7 nitrogen and oxygen atoms in total. The summed E-state index contributed by atoms with van der Waals surface area (Å²) in [6.45, 7) is 2.98. The van der Waals surface area contributed by atoms with E-state index in [0.29, 0.717) is 25.3 Å². The average Bonchev–Trinajstić information content (AvgIpc) is 3.13. The van der Waals surface area contributed by atoms with Crippen LogP contribution >= 0.6 is 0 Å². The molecule has 2 aliphatic rings. The summed E-state index contributed by atoms with van der Waals surface area (Å²) >= 11 is 0. The highest BCUT2D eigenvalue weighted by Gasteiger charge is 2.55. The van der Waals surface area contributed by atoms with Gasteiger partial charge in [0, 0.05) is 31.7 Å². The zero-order valence-electron chi connectivity index (χ0n) is 13.2. The molecular weight excluding hydrogens is 328 g/mol. The molecule has 0 spiro atoms. The van der Waals surface area contributed by atoms with Crippen LogP contribution < -0.4 is 10.2 Å². The van der Waals surface area contributed by atoms with E-state index in [1.54, 1.807) is 36.5 Å². The predicted octanol–water partition coefficient (Wildman–Crippen LogP) is 1.07. The van der Waals surface area contributed by atoms with Crippen molar-refractivity contribution in [2.24, 2.45) is 0 Å². The zero-order chi connectivity index (χ0) is 16.8. The third-order valence-corrected chi connectivity index (χ3v) is 5.92.